The molecule has 126 valence electrons. The molecule has 0 aliphatic rings. The average Bonchev–Trinajstić information content (AvgIpc) is 2.67. The van der Waals surface area contributed by atoms with Crippen LogP contribution in [0.15, 0.2) is 71.9 Å². The number of benzene rings is 1. The molecule has 2 N–H and O–H groups in total. The van der Waals surface area contributed by atoms with Gasteiger partial charge in [-0.15, -0.1) is 0 Å². The predicted molar refractivity (Wildman–Crippen MR) is 97.5 cm³/mol. The first kappa shape index (κ1) is 16.6. The van der Waals surface area contributed by atoms with E-state index in [2.05, 4.69) is 15.3 Å². The normalized spacial score (nSPS) is 11.7. The van der Waals surface area contributed by atoms with E-state index in [9.17, 15) is 9.59 Å². The fourth-order valence-corrected chi connectivity index (χ4v) is 2.60. The van der Waals surface area contributed by atoms with E-state index in [4.69, 9.17) is 0 Å². The van der Waals surface area contributed by atoms with E-state index in [1.807, 2.05) is 49.4 Å². The molecule has 1 amide bonds. The molecule has 25 heavy (non-hydrogen) atoms. The van der Waals surface area contributed by atoms with Gasteiger partial charge in [0, 0.05) is 25.1 Å². The van der Waals surface area contributed by atoms with Gasteiger partial charge in [-0.2, -0.15) is 0 Å². The lowest BCUT2D eigenvalue weighted by Crippen LogP contribution is -2.32. The number of pyridine rings is 2. The number of rotatable bonds is 5. The van der Waals surface area contributed by atoms with Crippen molar-refractivity contribution < 1.29 is 4.79 Å². The lowest BCUT2D eigenvalue weighted by atomic mass is 10.0. The number of amides is 1. The standard InChI is InChI=1S/C20H19N3O2/c1-14(15-5-3-2-4-6-15)12-22-19(24)18-11-17(13-23-20(18)25)16-7-9-21-10-8-16/h2-11,13-14H,12H2,1H3,(H,22,24)(H,23,25). The van der Waals surface area contributed by atoms with Gasteiger partial charge >= 0.3 is 0 Å². The van der Waals surface area contributed by atoms with Crippen LogP contribution in [0.1, 0.15) is 28.8 Å². The predicted octanol–water partition coefficient (Wildman–Crippen LogP) is 2.97. The molecule has 3 rings (SSSR count). The quantitative estimate of drug-likeness (QED) is 0.754. The summed E-state index contributed by atoms with van der Waals surface area (Å²) in [5, 5.41) is 2.85. The lowest BCUT2D eigenvalue weighted by molar-refractivity contribution is 0.0950. The Balaban J connectivity index is 1.75. The van der Waals surface area contributed by atoms with Crippen LogP contribution < -0.4 is 10.9 Å². The molecule has 0 bridgehead atoms. The maximum atomic E-state index is 12.4. The Morgan fingerprint density at radius 1 is 1.12 bits per heavy atom. The van der Waals surface area contributed by atoms with Gasteiger partial charge in [0.2, 0.25) is 0 Å². The van der Waals surface area contributed by atoms with Gasteiger partial charge < -0.3 is 10.3 Å². The van der Waals surface area contributed by atoms with Gasteiger partial charge in [-0.1, -0.05) is 37.3 Å². The van der Waals surface area contributed by atoms with E-state index < -0.39 is 5.56 Å². The molecule has 5 heteroatoms. The molecule has 0 fully saturated rings. The molecule has 0 radical (unpaired) electrons. The van der Waals surface area contributed by atoms with Gasteiger partial charge in [0.05, 0.1) is 0 Å². The van der Waals surface area contributed by atoms with Crippen molar-refractivity contribution in [2.45, 2.75) is 12.8 Å². The third-order valence-corrected chi connectivity index (χ3v) is 4.10. The highest BCUT2D eigenvalue weighted by Crippen LogP contribution is 2.17. The molecule has 0 aliphatic carbocycles. The van der Waals surface area contributed by atoms with Crippen molar-refractivity contribution >= 4 is 5.91 Å². The van der Waals surface area contributed by atoms with Gasteiger partial charge in [-0.05, 0) is 40.8 Å². The zero-order valence-electron chi connectivity index (χ0n) is 13.9. The summed E-state index contributed by atoms with van der Waals surface area (Å²) in [5.74, 6) is -0.215. The number of nitrogens with zero attached hydrogens (tertiary/aromatic N) is 1. The second-order valence-electron chi connectivity index (χ2n) is 5.89. The number of carbonyl (C=O) groups excluding carboxylic acids is 1. The molecule has 0 aliphatic heterocycles. The molecule has 5 nitrogen and oxygen atoms in total. The molecular formula is C20H19N3O2. The van der Waals surface area contributed by atoms with Crippen LogP contribution in [0.2, 0.25) is 0 Å². The van der Waals surface area contributed by atoms with Crippen LogP contribution in [0.4, 0.5) is 0 Å². The van der Waals surface area contributed by atoms with Crippen molar-refractivity contribution in [3.63, 3.8) is 0 Å². The minimum Gasteiger partial charge on any atom is -0.351 e. The summed E-state index contributed by atoms with van der Waals surface area (Å²) in [4.78, 5) is 31.1. The van der Waals surface area contributed by atoms with Crippen LogP contribution in [-0.2, 0) is 0 Å². The van der Waals surface area contributed by atoms with E-state index in [0.29, 0.717) is 6.54 Å². The zero-order chi connectivity index (χ0) is 17.6. The summed E-state index contributed by atoms with van der Waals surface area (Å²) in [5.41, 5.74) is 2.50. The van der Waals surface area contributed by atoms with Crippen LogP contribution in [0.5, 0.6) is 0 Å². The van der Waals surface area contributed by atoms with E-state index in [1.54, 1.807) is 24.7 Å². The Kier molecular flexibility index (Phi) is 5.04. The monoisotopic (exact) mass is 333 g/mol. The summed E-state index contributed by atoms with van der Waals surface area (Å²) in [6.45, 7) is 2.50. The van der Waals surface area contributed by atoms with E-state index in [1.165, 1.54) is 0 Å². The molecule has 1 atom stereocenters. The minimum absolute atomic E-state index is 0.106. The topological polar surface area (TPSA) is 74.8 Å². The highest BCUT2D eigenvalue weighted by molar-refractivity contribution is 5.95. The molecule has 2 aromatic heterocycles. The van der Waals surface area contributed by atoms with E-state index >= 15 is 0 Å². The molecule has 3 aromatic rings. The summed E-state index contributed by atoms with van der Waals surface area (Å²) < 4.78 is 0. The van der Waals surface area contributed by atoms with Gasteiger partial charge in [-0.3, -0.25) is 14.6 Å². The summed E-state index contributed by atoms with van der Waals surface area (Å²) in [6, 6.07) is 15.2. The first-order chi connectivity index (χ1) is 12.1. The number of hydrogen-bond donors (Lipinski definition) is 2. The average molecular weight is 333 g/mol. The molecule has 0 saturated heterocycles. The SMILES string of the molecule is CC(CNC(=O)c1cc(-c2ccncc2)c[nH]c1=O)c1ccccc1. The number of hydrogen-bond acceptors (Lipinski definition) is 3. The Morgan fingerprint density at radius 3 is 2.56 bits per heavy atom. The van der Waals surface area contributed by atoms with Gasteiger partial charge in [0.1, 0.15) is 5.56 Å². The van der Waals surface area contributed by atoms with Crippen LogP contribution in [-0.4, -0.2) is 22.4 Å². The highest BCUT2D eigenvalue weighted by Gasteiger charge is 2.14. The first-order valence-corrected chi connectivity index (χ1v) is 8.11. The van der Waals surface area contributed by atoms with Gasteiger partial charge in [0.15, 0.2) is 0 Å². The molecule has 1 unspecified atom stereocenters. The Labute approximate surface area is 145 Å². The number of aromatic amines is 1. The van der Waals surface area contributed by atoms with Crippen molar-refractivity contribution in [2.24, 2.45) is 0 Å². The van der Waals surface area contributed by atoms with Crippen molar-refractivity contribution in [1.29, 1.82) is 0 Å². The lowest BCUT2D eigenvalue weighted by Gasteiger charge is -2.13. The summed E-state index contributed by atoms with van der Waals surface area (Å²) >= 11 is 0. The highest BCUT2D eigenvalue weighted by atomic mass is 16.2. The summed E-state index contributed by atoms with van der Waals surface area (Å²) in [7, 11) is 0. The maximum Gasteiger partial charge on any atom is 0.260 e. The number of aromatic nitrogens is 2. The first-order valence-electron chi connectivity index (χ1n) is 8.11. The van der Waals surface area contributed by atoms with Crippen LogP contribution >= 0.6 is 0 Å². The van der Waals surface area contributed by atoms with Crippen LogP contribution in [0, 0.1) is 0 Å². The molecule has 0 spiro atoms. The second-order valence-corrected chi connectivity index (χ2v) is 5.89. The van der Waals surface area contributed by atoms with Crippen molar-refractivity contribution in [1.82, 2.24) is 15.3 Å². The molecule has 1 aromatic carbocycles. The third kappa shape index (κ3) is 4.01. The summed E-state index contributed by atoms with van der Waals surface area (Å²) in [6.07, 6.45) is 4.94. The van der Waals surface area contributed by atoms with Gasteiger partial charge in [0.25, 0.3) is 11.5 Å². The Morgan fingerprint density at radius 2 is 1.84 bits per heavy atom. The second kappa shape index (κ2) is 7.57. The molecular weight excluding hydrogens is 314 g/mol. The molecule has 2 heterocycles. The van der Waals surface area contributed by atoms with E-state index in [0.717, 1.165) is 16.7 Å². The Bertz CT molecular complexity index is 905. The zero-order valence-corrected chi connectivity index (χ0v) is 13.9. The van der Waals surface area contributed by atoms with Crippen LogP contribution in [0.3, 0.4) is 0 Å². The van der Waals surface area contributed by atoms with Crippen molar-refractivity contribution in [3.8, 4) is 11.1 Å². The number of H-pyrrole nitrogens is 1. The third-order valence-electron chi connectivity index (χ3n) is 4.10. The minimum atomic E-state index is -0.400. The van der Waals surface area contributed by atoms with Gasteiger partial charge in [-0.25, -0.2) is 0 Å². The van der Waals surface area contributed by atoms with Crippen molar-refractivity contribution in [3.05, 3.63) is 88.6 Å². The smallest absolute Gasteiger partial charge is 0.260 e. The fourth-order valence-electron chi connectivity index (χ4n) is 2.60. The van der Waals surface area contributed by atoms with Crippen molar-refractivity contribution in [2.75, 3.05) is 6.54 Å². The number of nitrogens with one attached hydrogen (secondary N) is 2. The molecule has 0 saturated carbocycles. The fraction of sp³-hybridized carbons (Fsp3) is 0.150. The maximum absolute atomic E-state index is 12.4. The van der Waals surface area contributed by atoms with E-state index in [-0.39, 0.29) is 17.4 Å². The largest absolute Gasteiger partial charge is 0.351 e. The van der Waals surface area contributed by atoms with Crippen LogP contribution in [0.25, 0.3) is 11.1 Å². The number of carbonyl (C=O) groups is 1. The Hall–Kier alpha value is -3.21.